The molecule has 0 heterocycles. The van der Waals surface area contributed by atoms with E-state index in [9.17, 15) is 13.2 Å². The number of nitrogens with one attached hydrogen (secondary N) is 1. The zero-order valence-electron chi connectivity index (χ0n) is 11.8. The van der Waals surface area contributed by atoms with Crippen LogP contribution in [0.2, 0.25) is 0 Å². The maximum absolute atomic E-state index is 12.6. The van der Waals surface area contributed by atoms with E-state index in [1.54, 1.807) is 49.4 Å². The smallest absolute Gasteiger partial charge is 0.241 e. The van der Waals surface area contributed by atoms with E-state index < -0.39 is 22.0 Å². The predicted molar refractivity (Wildman–Crippen MR) is 87.6 cm³/mol. The molecule has 0 saturated carbocycles. The topological polar surface area (TPSA) is 89.3 Å². The molecule has 116 valence electrons. The largest absolute Gasteiger partial charge is 0.368 e. The average Bonchev–Trinajstić information content (AvgIpc) is 2.48. The molecule has 0 aromatic heterocycles. The minimum atomic E-state index is -3.89. The summed E-state index contributed by atoms with van der Waals surface area (Å²) in [5.41, 5.74) is 6.41. The van der Waals surface area contributed by atoms with Crippen molar-refractivity contribution in [2.45, 2.75) is 17.9 Å². The zero-order chi connectivity index (χ0) is 16.3. The second kappa shape index (κ2) is 6.60. The van der Waals surface area contributed by atoms with Gasteiger partial charge >= 0.3 is 0 Å². The van der Waals surface area contributed by atoms with Gasteiger partial charge in [-0.1, -0.05) is 52.3 Å². The number of nitrogens with two attached hydrogens (primary N) is 1. The fraction of sp³-hybridized carbons (Fsp3) is 0.133. The number of primary amides is 1. The quantitative estimate of drug-likeness (QED) is 0.830. The first-order valence-corrected chi connectivity index (χ1v) is 8.71. The van der Waals surface area contributed by atoms with Gasteiger partial charge < -0.3 is 5.73 Å². The molecular weight excluding hydrogens is 368 g/mol. The van der Waals surface area contributed by atoms with Crippen LogP contribution in [0.1, 0.15) is 17.2 Å². The van der Waals surface area contributed by atoms with Crippen LogP contribution in [0.3, 0.4) is 0 Å². The molecule has 5 nitrogen and oxygen atoms in total. The van der Waals surface area contributed by atoms with Crippen molar-refractivity contribution in [2.24, 2.45) is 5.73 Å². The first-order valence-electron chi connectivity index (χ1n) is 6.44. The lowest BCUT2D eigenvalue weighted by atomic mass is 10.1. The Hall–Kier alpha value is -1.70. The number of carbonyl (C=O) groups excluding carboxylic acids is 1. The summed E-state index contributed by atoms with van der Waals surface area (Å²) in [5.74, 6) is -0.762. The number of carbonyl (C=O) groups is 1. The van der Waals surface area contributed by atoms with Crippen LogP contribution in [0, 0.1) is 6.92 Å². The van der Waals surface area contributed by atoms with Gasteiger partial charge in [0.15, 0.2) is 0 Å². The van der Waals surface area contributed by atoms with Gasteiger partial charge in [-0.15, -0.1) is 0 Å². The minimum absolute atomic E-state index is 0.101. The number of hydrogen-bond donors (Lipinski definition) is 2. The van der Waals surface area contributed by atoms with Crippen LogP contribution in [0.25, 0.3) is 0 Å². The van der Waals surface area contributed by atoms with Crippen LogP contribution in [0.5, 0.6) is 0 Å². The molecule has 0 radical (unpaired) electrons. The fourth-order valence-electron chi connectivity index (χ4n) is 2.02. The minimum Gasteiger partial charge on any atom is -0.368 e. The van der Waals surface area contributed by atoms with Crippen molar-refractivity contribution in [1.82, 2.24) is 4.72 Å². The van der Waals surface area contributed by atoms with Gasteiger partial charge in [0.25, 0.3) is 0 Å². The summed E-state index contributed by atoms with van der Waals surface area (Å²) in [6.07, 6.45) is 0. The first-order chi connectivity index (χ1) is 10.3. The van der Waals surface area contributed by atoms with E-state index in [1.807, 2.05) is 0 Å². The van der Waals surface area contributed by atoms with Crippen molar-refractivity contribution in [3.8, 4) is 0 Å². The highest BCUT2D eigenvalue weighted by Crippen LogP contribution is 2.23. The van der Waals surface area contributed by atoms with Crippen molar-refractivity contribution in [3.63, 3.8) is 0 Å². The SMILES string of the molecule is Cc1ccc(Br)cc1S(=O)(=O)NC(C(N)=O)c1ccccc1. The van der Waals surface area contributed by atoms with Crippen molar-refractivity contribution < 1.29 is 13.2 Å². The van der Waals surface area contributed by atoms with E-state index in [1.165, 1.54) is 6.07 Å². The van der Waals surface area contributed by atoms with E-state index in [0.29, 0.717) is 15.6 Å². The molecule has 0 saturated heterocycles. The molecule has 0 bridgehead atoms. The van der Waals surface area contributed by atoms with Crippen molar-refractivity contribution in [2.75, 3.05) is 0 Å². The molecule has 22 heavy (non-hydrogen) atoms. The highest BCUT2D eigenvalue weighted by molar-refractivity contribution is 9.10. The summed E-state index contributed by atoms with van der Waals surface area (Å²) in [7, 11) is -3.89. The monoisotopic (exact) mass is 382 g/mol. The normalized spacial score (nSPS) is 12.8. The molecule has 0 fully saturated rings. The molecular formula is C15H15BrN2O3S. The number of rotatable bonds is 5. The van der Waals surface area contributed by atoms with Crippen LogP contribution in [0.15, 0.2) is 57.9 Å². The first kappa shape index (κ1) is 16.7. The van der Waals surface area contributed by atoms with E-state index >= 15 is 0 Å². The Morgan fingerprint density at radius 3 is 2.41 bits per heavy atom. The van der Waals surface area contributed by atoms with Gasteiger partial charge in [-0.2, -0.15) is 4.72 Å². The van der Waals surface area contributed by atoms with E-state index in [2.05, 4.69) is 20.7 Å². The van der Waals surface area contributed by atoms with Gasteiger partial charge in [0, 0.05) is 4.47 Å². The number of aryl methyl sites for hydroxylation is 1. The van der Waals surface area contributed by atoms with Crippen molar-refractivity contribution in [1.29, 1.82) is 0 Å². The molecule has 2 rings (SSSR count). The lowest BCUT2D eigenvalue weighted by Gasteiger charge is -2.17. The highest BCUT2D eigenvalue weighted by Gasteiger charge is 2.26. The highest BCUT2D eigenvalue weighted by atomic mass is 79.9. The van der Waals surface area contributed by atoms with Crippen molar-refractivity contribution >= 4 is 31.9 Å². The van der Waals surface area contributed by atoms with Crippen LogP contribution >= 0.6 is 15.9 Å². The zero-order valence-corrected chi connectivity index (χ0v) is 14.2. The van der Waals surface area contributed by atoms with Gasteiger partial charge in [0.05, 0.1) is 4.90 Å². The molecule has 1 amide bonds. The molecule has 1 atom stereocenters. The number of halogens is 1. The van der Waals surface area contributed by atoms with Crippen molar-refractivity contribution in [3.05, 3.63) is 64.1 Å². The predicted octanol–water partition coefficient (Wildman–Crippen LogP) is 2.26. The lowest BCUT2D eigenvalue weighted by Crippen LogP contribution is -2.37. The van der Waals surface area contributed by atoms with E-state index in [0.717, 1.165) is 0 Å². The average molecular weight is 383 g/mol. The standard InChI is InChI=1S/C15H15BrN2O3S/c1-10-7-8-12(16)9-13(10)22(20,21)18-14(15(17)19)11-5-3-2-4-6-11/h2-9,14,18H,1H3,(H2,17,19). The Kier molecular flexibility index (Phi) is 5.00. The molecule has 2 aromatic carbocycles. The van der Waals surface area contributed by atoms with E-state index in [4.69, 9.17) is 5.73 Å². The van der Waals surface area contributed by atoms with Gasteiger partial charge in [0.1, 0.15) is 6.04 Å². The summed E-state index contributed by atoms with van der Waals surface area (Å²) in [6.45, 7) is 1.68. The van der Waals surface area contributed by atoms with Crippen LogP contribution in [0.4, 0.5) is 0 Å². The number of amides is 1. The lowest BCUT2D eigenvalue weighted by molar-refractivity contribution is -0.119. The number of sulfonamides is 1. The Labute approximate surface area is 137 Å². The molecule has 0 aliphatic heterocycles. The third kappa shape index (κ3) is 3.73. The summed E-state index contributed by atoms with van der Waals surface area (Å²) in [4.78, 5) is 11.7. The summed E-state index contributed by atoms with van der Waals surface area (Å²) >= 11 is 3.24. The molecule has 0 aliphatic carbocycles. The van der Waals surface area contributed by atoms with Crippen LogP contribution in [-0.2, 0) is 14.8 Å². The van der Waals surface area contributed by atoms with Crippen LogP contribution < -0.4 is 10.5 Å². The Bertz CT molecular complexity index is 792. The number of hydrogen-bond acceptors (Lipinski definition) is 3. The maximum atomic E-state index is 12.6. The maximum Gasteiger partial charge on any atom is 0.241 e. The fourth-order valence-corrected chi connectivity index (χ4v) is 3.99. The van der Waals surface area contributed by atoms with E-state index in [-0.39, 0.29) is 4.90 Å². The second-order valence-electron chi connectivity index (χ2n) is 4.78. The second-order valence-corrected chi connectivity index (χ2v) is 7.38. The van der Waals surface area contributed by atoms with Gasteiger partial charge in [0.2, 0.25) is 15.9 Å². The van der Waals surface area contributed by atoms with Crippen LogP contribution in [-0.4, -0.2) is 14.3 Å². The van der Waals surface area contributed by atoms with Gasteiger partial charge in [-0.25, -0.2) is 8.42 Å². The summed E-state index contributed by atoms with van der Waals surface area (Å²) < 4.78 is 28.1. The third-order valence-corrected chi connectivity index (χ3v) is 5.19. The third-order valence-electron chi connectivity index (χ3n) is 3.13. The van der Waals surface area contributed by atoms with Gasteiger partial charge in [-0.3, -0.25) is 4.79 Å². The Balaban J connectivity index is 2.41. The summed E-state index contributed by atoms with van der Waals surface area (Å²) in [5, 5.41) is 0. The molecule has 7 heteroatoms. The molecule has 2 aromatic rings. The molecule has 1 unspecified atom stereocenters. The number of benzene rings is 2. The molecule has 0 aliphatic rings. The molecule has 3 N–H and O–H groups in total. The Morgan fingerprint density at radius 1 is 1.18 bits per heavy atom. The molecule has 0 spiro atoms. The Morgan fingerprint density at radius 2 is 1.82 bits per heavy atom. The van der Waals surface area contributed by atoms with Gasteiger partial charge in [-0.05, 0) is 30.2 Å². The summed E-state index contributed by atoms with van der Waals surface area (Å²) in [6, 6.07) is 12.3.